The summed E-state index contributed by atoms with van der Waals surface area (Å²) in [5, 5.41) is 4.75. The molecule has 4 heterocycles. The van der Waals surface area contributed by atoms with E-state index in [4.69, 9.17) is 9.72 Å². The maximum atomic E-state index is 7.77. The summed E-state index contributed by atoms with van der Waals surface area (Å²) in [5.74, 6) is 2.07. The average Bonchev–Trinajstić information content (AvgIpc) is 1.61. The number of hydrogen-bond donors (Lipinski definition) is 0. The van der Waals surface area contributed by atoms with Crippen LogP contribution in [-0.4, -0.2) is 18.7 Å². The van der Waals surface area contributed by atoms with E-state index in [1.165, 1.54) is 77.4 Å². The molecule has 99 heavy (non-hydrogen) atoms. The molecule has 0 saturated carbocycles. The van der Waals surface area contributed by atoms with Gasteiger partial charge in [0.25, 0.3) is 6.33 Å². The largest absolute Gasteiger partial charge is 0.509 e. The van der Waals surface area contributed by atoms with Crippen LogP contribution in [0.4, 0.5) is 0 Å². The van der Waals surface area contributed by atoms with Crippen molar-refractivity contribution in [2.24, 2.45) is 0 Å². The molecular formula is C92H87N5OPt-2. The summed E-state index contributed by atoms with van der Waals surface area (Å²) < 4.78 is 17.1. The van der Waals surface area contributed by atoms with Gasteiger partial charge in [0.15, 0.2) is 0 Å². The van der Waals surface area contributed by atoms with E-state index in [1.807, 2.05) is 6.20 Å². The Hall–Kier alpha value is -9.09. The maximum Gasteiger partial charge on any atom is 0.268 e. The van der Waals surface area contributed by atoms with E-state index in [1.54, 1.807) is 0 Å². The van der Waals surface area contributed by atoms with Crippen molar-refractivity contribution in [2.45, 2.75) is 167 Å². The molecule has 14 aromatic rings. The van der Waals surface area contributed by atoms with Crippen molar-refractivity contribution in [1.82, 2.24) is 18.7 Å². The average molecular weight is 1470 g/mol. The van der Waals surface area contributed by atoms with Gasteiger partial charge in [0.2, 0.25) is 0 Å². The quantitative estimate of drug-likeness (QED) is 0.112. The number of pyridine rings is 1. The molecule has 3 aliphatic carbocycles. The monoisotopic (exact) mass is 1470 g/mol. The number of benzene rings is 10. The van der Waals surface area contributed by atoms with Crippen LogP contribution in [0.25, 0.3) is 99.8 Å². The third-order valence-electron chi connectivity index (χ3n) is 23.4. The first-order chi connectivity index (χ1) is 46.7. The molecule has 7 heteroatoms. The summed E-state index contributed by atoms with van der Waals surface area (Å²) in [6, 6.07) is 82.6. The van der Waals surface area contributed by atoms with Gasteiger partial charge < -0.3 is 18.4 Å². The van der Waals surface area contributed by atoms with E-state index in [0.29, 0.717) is 11.5 Å². The number of hydrogen-bond acceptors (Lipinski definition) is 2. The SMILES string of the molecule is CC(C)(C)c1ccnc(-n2c3[c-]c(Oc4[c-]c(-n5[c-][n+](-c6c(-c7ccc8c(c7)C(C)(C)CCC8(C)C)cccc6-c6ccc7c(c6)C(C)(C)CCC7(C)C)c6ccccc65)ccc4)c4c(c3c3ccccc32)C(C)(C)c2ccc3c5ccccc5n(-c5ccccc5)c3c2C4(C)C)c1.[Pt]. The Morgan fingerprint density at radius 1 is 0.465 bits per heavy atom. The number of rotatable bonds is 8. The van der Waals surface area contributed by atoms with Crippen LogP contribution >= 0.6 is 0 Å². The maximum absolute atomic E-state index is 7.77. The van der Waals surface area contributed by atoms with Crippen molar-refractivity contribution < 1.29 is 30.4 Å². The predicted octanol–water partition coefficient (Wildman–Crippen LogP) is 23.0. The van der Waals surface area contributed by atoms with Crippen molar-refractivity contribution in [3.63, 3.8) is 0 Å². The smallest absolute Gasteiger partial charge is 0.268 e. The number of nitrogens with zero attached hydrogens (tertiary/aromatic N) is 5. The van der Waals surface area contributed by atoms with Crippen molar-refractivity contribution in [2.75, 3.05) is 0 Å². The first kappa shape index (κ1) is 64.6. The van der Waals surface area contributed by atoms with Crippen LogP contribution in [0.1, 0.15) is 180 Å². The van der Waals surface area contributed by atoms with Gasteiger partial charge in [-0.1, -0.05) is 266 Å². The molecule has 0 radical (unpaired) electrons. The van der Waals surface area contributed by atoms with Crippen LogP contribution in [-0.2, 0) is 59.0 Å². The Kier molecular flexibility index (Phi) is 14.6. The van der Waals surface area contributed by atoms with Gasteiger partial charge in [0.05, 0.1) is 27.8 Å². The number of para-hydroxylation sites is 6. The van der Waals surface area contributed by atoms with Crippen molar-refractivity contribution in [3.05, 3.63) is 275 Å². The third-order valence-corrected chi connectivity index (χ3v) is 23.4. The van der Waals surface area contributed by atoms with Crippen LogP contribution in [0.15, 0.2) is 206 Å². The van der Waals surface area contributed by atoms with Gasteiger partial charge in [-0.3, -0.25) is 4.57 Å². The van der Waals surface area contributed by atoms with Crippen LogP contribution in [0.5, 0.6) is 11.5 Å². The topological polar surface area (TPSA) is 40.8 Å². The van der Waals surface area contributed by atoms with Gasteiger partial charge in [-0.25, -0.2) is 4.98 Å². The second-order valence-corrected chi connectivity index (χ2v) is 33.3. The fourth-order valence-electron chi connectivity index (χ4n) is 17.8. The molecule has 0 saturated heterocycles. The molecule has 4 aromatic heterocycles. The Labute approximate surface area is 598 Å². The summed E-state index contributed by atoms with van der Waals surface area (Å²) in [6.45, 7) is 35.9. The molecule has 17 rings (SSSR count). The zero-order chi connectivity index (χ0) is 68.0. The van der Waals surface area contributed by atoms with Gasteiger partial charge >= 0.3 is 0 Å². The normalized spacial score (nSPS) is 16.9. The van der Waals surface area contributed by atoms with E-state index in [9.17, 15) is 0 Å². The van der Waals surface area contributed by atoms with Crippen LogP contribution in [0, 0.1) is 18.5 Å². The molecular weight excluding hydrogens is 1390 g/mol. The van der Waals surface area contributed by atoms with E-state index < -0.39 is 10.8 Å². The molecule has 0 N–H and O–H groups in total. The Morgan fingerprint density at radius 3 is 1.66 bits per heavy atom. The summed E-state index contributed by atoms with van der Waals surface area (Å²) in [5.41, 5.74) is 24.9. The molecule has 0 spiro atoms. The molecule has 0 unspecified atom stereocenters. The molecule has 498 valence electrons. The Bertz CT molecular complexity index is 5560. The van der Waals surface area contributed by atoms with E-state index in [-0.39, 0.29) is 48.1 Å². The third kappa shape index (κ3) is 9.86. The summed E-state index contributed by atoms with van der Waals surface area (Å²) in [4.78, 5) is 5.20. The molecule has 0 bridgehead atoms. The molecule has 0 amide bonds. The molecule has 0 fully saturated rings. The van der Waals surface area contributed by atoms with Crippen LogP contribution in [0.2, 0.25) is 0 Å². The summed E-state index contributed by atoms with van der Waals surface area (Å²) in [6.07, 6.45) is 10.6. The first-order valence-electron chi connectivity index (χ1n) is 35.5. The van der Waals surface area contributed by atoms with Crippen molar-refractivity contribution in [3.8, 4) is 56.6 Å². The van der Waals surface area contributed by atoms with E-state index >= 15 is 0 Å². The minimum Gasteiger partial charge on any atom is -0.509 e. The standard InChI is InChI=1S/C92H87N5O.Pt/c1-86(2,3)59-45-50-93-79(53-59)97-74-36-22-20-32-67(74)80-77(97)55-78(82-83(80)91(12,13)70-44-41-66-65-31-19-21-35-73(65)96(60-27-17-16-18-28-60)85(66)81(70)92(82,14)15)98-62-30-25-29-61(54-62)94-56-95(76-38-24-23-37-75(76)94)84-63(57-39-42-68-71(51-57)89(8,9)48-46-87(68,4)5)33-26-34-64(84)58-40-43-69-72(52-58)90(10,11)49-47-88(69,6)7;/h16-45,50-53H,46-49H2,1-15H3;/q-2;. The Balaban J connectivity index is 0.00000764. The van der Waals surface area contributed by atoms with Crippen LogP contribution in [0.3, 0.4) is 0 Å². The minimum absolute atomic E-state index is 0. The van der Waals surface area contributed by atoms with Crippen molar-refractivity contribution in [1.29, 1.82) is 0 Å². The van der Waals surface area contributed by atoms with E-state index in [0.717, 1.165) is 98.1 Å². The zero-order valence-electron chi connectivity index (χ0n) is 59.9. The van der Waals surface area contributed by atoms with Gasteiger partial charge in [-0.2, -0.15) is 12.1 Å². The van der Waals surface area contributed by atoms with Crippen molar-refractivity contribution >= 4 is 54.6 Å². The molecule has 6 nitrogen and oxygen atoms in total. The minimum atomic E-state index is -0.652. The number of aromatic nitrogens is 5. The van der Waals surface area contributed by atoms with Crippen LogP contribution < -0.4 is 9.30 Å². The predicted molar refractivity (Wildman–Crippen MR) is 405 cm³/mol. The molecule has 10 aromatic carbocycles. The molecule has 3 aliphatic rings. The number of imidazole rings is 1. The molecule has 0 atom stereocenters. The summed E-state index contributed by atoms with van der Waals surface area (Å²) in [7, 11) is 0. The van der Waals surface area contributed by atoms with Gasteiger partial charge in [0.1, 0.15) is 5.82 Å². The second-order valence-electron chi connectivity index (χ2n) is 33.3. The summed E-state index contributed by atoms with van der Waals surface area (Å²) >= 11 is 0. The Morgan fingerprint density at radius 2 is 1.02 bits per heavy atom. The fraction of sp³-hybridized carbons (Fsp3) is 0.283. The van der Waals surface area contributed by atoms with Gasteiger partial charge in [0, 0.05) is 60.7 Å². The number of ether oxygens (including phenoxy) is 1. The van der Waals surface area contributed by atoms with E-state index in [2.05, 4.69) is 341 Å². The fourth-order valence-corrected chi connectivity index (χ4v) is 17.8. The first-order valence-corrected chi connectivity index (χ1v) is 35.5. The number of fused-ring (bicyclic) bond motifs is 13. The second kappa shape index (κ2) is 22.5. The van der Waals surface area contributed by atoms with Gasteiger partial charge in [-0.05, 0) is 172 Å². The molecule has 0 aliphatic heterocycles. The zero-order valence-corrected chi connectivity index (χ0v) is 62.2. The van der Waals surface area contributed by atoms with Gasteiger partial charge in [-0.15, -0.1) is 23.8 Å².